The zero-order chi connectivity index (χ0) is 14.3. The van der Waals surface area contributed by atoms with Crippen LogP contribution in [-0.2, 0) is 0 Å². The van der Waals surface area contributed by atoms with E-state index in [1.807, 2.05) is 5.48 Å². The van der Waals surface area contributed by atoms with E-state index < -0.39 is 41.8 Å². The van der Waals surface area contributed by atoms with Gasteiger partial charge in [0, 0.05) is 0 Å². The van der Waals surface area contributed by atoms with Crippen LogP contribution in [0.1, 0.15) is 22.3 Å². The van der Waals surface area contributed by atoms with Crippen molar-refractivity contribution in [2.24, 2.45) is 0 Å². The molecule has 0 aromatic rings. The molecular formula is C10H33Al2Cl5Ga2. The molecule has 0 fully saturated rings. The molecule has 120 valence electrons. The average Bonchev–Trinajstić information content (AvgIpc) is 1.76. The first-order valence-corrected chi connectivity index (χ1v) is 29.9. The summed E-state index contributed by atoms with van der Waals surface area (Å²) in [6.45, 7) is 0. The fourth-order valence-electron chi connectivity index (χ4n) is 0. The fraction of sp³-hybridized carbons (Fsp3) is 1.00. The van der Waals surface area contributed by atoms with Crippen molar-refractivity contribution in [1.29, 1.82) is 0 Å². The predicted molar refractivity (Wildman–Crippen MR) is 114 cm³/mol. The number of hydrogen-bond donors (Lipinski definition) is 0. The molecule has 0 atom stereocenters. The molecule has 0 radical (unpaired) electrons. The standard InChI is InChI=1S/3CH4.7CH3.2Al.5ClH.2Ga/h3*1H4;7*1H3;;;5*1H;;/q;;;;;;;;;;;+3;;;;;;;+2/p-5. The molecule has 0 aromatic heterocycles. The van der Waals surface area contributed by atoms with Crippen LogP contribution in [0.25, 0.3) is 0 Å². The van der Waals surface area contributed by atoms with E-state index in [2.05, 4.69) is 33.8 Å². The molecule has 0 bridgehead atoms. The summed E-state index contributed by atoms with van der Waals surface area (Å²) in [5, 5.41) is 0. The Hall–Kier alpha value is 3.79. The Balaban J connectivity index is -0.0000000192. The van der Waals surface area contributed by atoms with E-state index >= 15 is 0 Å². The molecule has 0 aliphatic carbocycles. The molecule has 9 heteroatoms. The van der Waals surface area contributed by atoms with Crippen LogP contribution >= 0.6 is 49.4 Å². The van der Waals surface area contributed by atoms with Gasteiger partial charge < -0.3 is 0 Å². The van der Waals surface area contributed by atoms with Gasteiger partial charge in [0.1, 0.15) is 0 Å². The van der Waals surface area contributed by atoms with Gasteiger partial charge in [-0.3, -0.25) is 0 Å². The van der Waals surface area contributed by atoms with Gasteiger partial charge in [-0.1, -0.05) is 22.3 Å². The quantitative estimate of drug-likeness (QED) is 0.283. The molecular weight excluding hydrogens is 491 g/mol. The number of hydrogen-bond acceptors (Lipinski definition) is 0. The minimum absolute atomic E-state index is 0. The third-order valence-corrected chi connectivity index (χ3v) is 0. The molecule has 0 saturated carbocycles. The minimum atomic E-state index is -1.72. The summed E-state index contributed by atoms with van der Waals surface area (Å²) in [5.41, 5.74) is 8.95. The van der Waals surface area contributed by atoms with Crippen LogP contribution < -0.4 is 0 Å². The van der Waals surface area contributed by atoms with Gasteiger partial charge in [-0.15, -0.1) is 17.4 Å². The van der Waals surface area contributed by atoms with Crippen LogP contribution in [0.15, 0.2) is 0 Å². The van der Waals surface area contributed by atoms with E-state index in [-0.39, 0.29) is 36.4 Å². The van der Waals surface area contributed by atoms with Crippen LogP contribution in [0.2, 0.25) is 39.3 Å². The minimum Gasteiger partial charge on any atom is -0.214 e. The van der Waals surface area contributed by atoms with Crippen molar-refractivity contribution < 1.29 is 0 Å². The Labute approximate surface area is 164 Å². The molecule has 0 unspecified atom stereocenters. The van der Waals surface area contributed by atoms with E-state index in [4.69, 9.17) is 49.4 Å². The number of halogens is 5. The number of rotatable bonds is 0. The third-order valence-electron chi connectivity index (χ3n) is 0. The second-order valence-corrected chi connectivity index (χ2v) is 31.5. The largest absolute Gasteiger partial charge is 0.643 e. The van der Waals surface area contributed by atoms with Crippen LogP contribution in [0, 0.1) is 0 Å². The molecule has 0 N–H and O–H groups in total. The van der Waals surface area contributed by atoms with Gasteiger partial charge in [-0.2, -0.15) is 0 Å². The van der Waals surface area contributed by atoms with E-state index in [9.17, 15) is 0 Å². The Morgan fingerprint density at radius 3 is 0.684 bits per heavy atom. The van der Waals surface area contributed by atoms with Gasteiger partial charge in [0.05, 0.1) is 0 Å². The maximum atomic E-state index is 5.23. The van der Waals surface area contributed by atoms with Crippen molar-refractivity contribution in [3.63, 3.8) is 0 Å². The fourth-order valence-corrected chi connectivity index (χ4v) is 0. The van der Waals surface area contributed by atoms with Gasteiger partial charge >= 0.3 is 83.0 Å². The van der Waals surface area contributed by atoms with Gasteiger partial charge in [-0.25, -0.2) is 30.1 Å². The van der Waals surface area contributed by atoms with Crippen molar-refractivity contribution in [2.45, 2.75) is 61.5 Å². The van der Waals surface area contributed by atoms with Crippen molar-refractivity contribution in [3.8, 4) is 0 Å². The maximum Gasteiger partial charge on any atom is 0.643 e. The SMILES string of the molecule is C.C.C.[CH3][Al]([CH3])[CH3].[CH3][Ga]([CH3])[CH3].[CH3][Ga]([Cl])[Cl].[Cl][Al]([Cl])[Cl]. The van der Waals surface area contributed by atoms with E-state index in [0.29, 0.717) is 0 Å². The van der Waals surface area contributed by atoms with Crippen LogP contribution in [0.5, 0.6) is 0 Å². The normalized spacial score (nSPS) is 5.68. The first-order chi connectivity index (χ1) is 6.93. The topological polar surface area (TPSA) is 0 Å². The summed E-state index contributed by atoms with van der Waals surface area (Å²) < 4.78 is 0. The zero-order valence-electron chi connectivity index (χ0n) is 11.2. The van der Waals surface area contributed by atoms with Crippen LogP contribution in [-0.4, -0.2) is 56.0 Å². The molecule has 0 amide bonds. The molecule has 0 saturated heterocycles. The molecule has 0 aromatic carbocycles. The van der Waals surface area contributed by atoms with Crippen molar-refractivity contribution >= 4 is 105 Å². The molecule has 0 aliphatic rings. The first kappa shape index (κ1) is 43.4. The Kier molecular flexibility index (Phi) is 86.3. The van der Waals surface area contributed by atoms with E-state index in [0.717, 1.165) is 0 Å². The van der Waals surface area contributed by atoms with Crippen molar-refractivity contribution in [1.82, 2.24) is 0 Å². The Morgan fingerprint density at radius 1 is 0.684 bits per heavy atom. The van der Waals surface area contributed by atoms with Crippen LogP contribution in [0.3, 0.4) is 0 Å². The van der Waals surface area contributed by atoms with Gasteiger partial charge in [0.15, 0.2) is 0 Å². The summed E-state index contributed by atoms with van der Waals surface area (Å²) in [7, 11) is 25.3. The van der Waals surface area contributed by atoms with E-state index in [1.165, 1.54) is 0 Å². The monoisotopic (exact) mass is 520 g/mol. The molecule has 0 spiro atoms. The average molecular weight is 524 g/mol. The Bertz CT molecular complexity index is 74.9. The van der Waals surface area contributed by atoms with Gasteiger partial charge in [0.25, 0.3) is 14.1 Å². The summed E-state index contributed by atoms with van der Waals surface area (Å²) in [5.74, 6) is 6.92. The molecule has 19 heavy (non-hydrogen) atoms. The van der Waals surface area contributed by atoms with Crippen molar-refractivity contribution in [2.75, 3.05) is 0 Å². The van der Waals surface area contributed by atoms with Gasteiger partial charge in [0.2, 0.25) is 0 Å². The summed E-state index contributed by atoms with van der Waals surface area (Å²) in [6, 6.07) is 0. The molecule has 0 aliphatic heterocycles. The summed E-state index contributed by atoms with van der Waals surface area (Å²) in [6.07, 6.45) is 0. The second kappa shape index (κ2) is 37.8. The molecule has 0 nitrogen and oxygen atoms in total. The predicted octanol–water partition coefficient (Wildman–Crippen LogP) is 7.92. The second-order valence-electron chi connectivity index (χ2n) is 4.23. The molecule has 0 rings (SSSR count). The van der Waals surface area contributed by atoms with Crippen LogP contribution in [0.4, 0.5) is 0 Å². The third kappa shape index (κ3) is 595. The van der Waals surface area contributed by atoms with Crippen molar-refractivity contribution in [3.05, 3.63) is 0 Å². The van der Waals surface area contributed by atoms with E-state index in [1.54, 1.807) is 0 Å². The molecule has 0 heterocycles. The Morgan fingerprint density at radius 2 is 0.684 bits per heavy atom. The smallest absolute Gasteiger partial charge is 0.214 e. The first-order valence-electron chi connectivity index (χ1n) is 5.13. The summed E-state index contributed by atoms with van der Waals surface area (Å²) in [4.78, 5) is 0. The maximum absolute atomic E-state index is 5.23. The summed E-state index contributed by atoms with van der Waals surface area (Å²) >= 11 is -3.88. The van der Waals surface area contributed by atoms with Gasteiger partial charge in [-0.05, 0) is 0 Å². The zero-order valence-corrected chi connectivity index (χ0v) is 22.1.